The van der Waals surface area contributed by atoms with Crippen LogP contribution in [0.5, 0.6) is 0 Å². The molecule has 0 N–H and O–H groups in total. The highest BCUT2D eigenvalue weighted by Crippen LogP contribution is 2.31. The Labute approximate surface area is 194 Å². The van der Waals surface area contributed by atoms with Gasteiger partial charge in [0.05, 0.1) is 11.4 Å². The third-order valence-corrected chi connectivity index (χ3v) is 5.40. The number of aromatic nitrogens is 2. The van der Waals surface area contributed by atoms with Crippen molar-refractivity contribution < 1.29 is 0 Å². The lowest BCUT2D eigenvalue weighted by atomic mass is 10.0. The number of halogens is 2. The Kier molecular flexibility index (Phi) is 5.63. The van der Waals surface area contributed by atoms with Gasteiger partial charge in [-0.25, -0.2) is 0 Å². The van der Waals surface area contributed by atoms with Crippen molar-refractivity contribution in [2.24, 2.45) is 9.98 Å². The van der Waals surface area contributed by atoms with Gasteiger partial charge in [0.2, 0.25) is 0 Å². The topological polar surface area (TPSA) is 50.5 Å². The summed E-state index contributed by atoms with van der Waals surface area (Å²) in [5.41, 5.74) is 4.66. The van der Waals surface area contributed by atoms with Gasteiger partial charge in [0.1, 0.15) is 11.0 Å². The lowest BCUT2D eigenvalue weighted by molar-refractivity contribution is 1.12. The van der Waals surface area contributed by atoms with Crippen LogP contribution in [0.4, 0.5) is 11.4 Å². The van der Waals surface area contributed by atoms with Gasteiger partial charge < -0.3 is 0 Å². The van der Waals surface area contributed by atoms with Gasteiger partial charge in [-0.2, -0.15) is 0 Å². The number of para-hydroxylation sites is 2. The van der Waals surface area contributed by atoms with E-state index in [-0.39, 0.29) is 0 Å². The Morgan fingerprint density at radius 2 is 0.969 bits per heavy atom. The van der Waals surface area contributed by atoms with Gasteiger partial charge in [-0.1, -0.05) is 59.6 Å². The first-order chi connectivity index (χ1) is 15.7. The minimum atomic E-state index is 0.584. The zero-order valence-electron chi connectivity index (χ0n) is 16.8. The molecule has 0 radical (unpaired) electrons. The van der Waals surface area contributed by atoms with Crippen molar-refractivity contribution in [1.82, 2.24) is 10.2 Å². The monoisotopic (exact) mass is 454 g/mol. The zero-order chi connectivity index (χ0) is 21.9. The average molecular weight is 455 g/mol. The minimum absolute atomic E-state index is 0.584. The lowest BCUT2D eigenvalue weighted by Gasteiger charge is -2.08. The maximum Gasteiger partial charge on any atom is 0.102 e. The lowest BCUT2D eigenvalue weighted by Crippen LogP contribution is -1.96. The Bertz CT molecular complexity index is 1370. The molecule has 4 aromatic carbocycles. The molecule has 0 bridgehead atoms. The maximum atomic E-state index is 6.46. The molecule has 0 saturated heterocycles. The smallest absolute Gasteiger partial charge is 0.102 e. The first-order valence-electron chi connectivity index (χ1n) is 9.95. The van der Waals surface area contributed by atoms with Crippen molar-refractivity contribution in [2.75, 3.05) is 0 Å². The van der Waals surface area contributed by atoms with Crippen LogP contribution in [-0.4, -0.2) is 22.6 Å². The third kappa shape index (κ3) is 4.24. The fourth-order valence-corrected chi connectivity index (χ4v) is 3.94. The average Bonchev–Trinajstić information content (AvgIpc) is 2.82. The molecule has 0 aliphatic heterocycles. The highest BCUT2D eigenvalue weighted by atomic mass is 35.5. The van der Waals surface area contributed by atoms with Crippen LogP contribution in [0.15, 0.2) is 94.9 Å². The van der Waals surface area contributed by atoms with Crippen molar-refractivity contribution in [3.05, 3.63) is 106 Å². The van der Waals surface area contributed by atoms with E-state index in [1.165, 1.54) is 0 Å². The van der Waals surface area contributed by atoms with Crippen LogP contribution < -0.4 is 0 Å². The normalized spacial score (nSPS) is 11.8. The van der Waals surface area contributed by atoms with Crippen LogP contribution in [0, 0.1) is 0 Å². The first-order valence-corrected chi connectivity index (χ1v) is 10.7. The molecule has 0 aliphatic carbocycles. The number of rotatable bonds is 4. The van der Waals surface area contributed by atoms with Gasteiger partial charge in [0.25, 0.3) is 0 Å². The molecule has 5 aromatic rings. The SMILES string of the molecule is Clc1cc(C=Nc2ccccc2)c2nnc3c(C=Nc4ccccc4)cc(Cl)cc3c2c1. The summed E-state index contributed by atoms with van der Waals surface area (Å²) >= 11 is 12.9. The molecule has 0 unspecified atom stereocenters. The molecular weight excluding hydrogens is 439 g/mol. The van der Waals surface area contributed by atoms with Crippen LogP contribution in [-0.2, 0) is 0 Å². The summed E-state index contributed by atoms with van der Waals surface area (Å²) in [6.07, 6.45) is 3.51. The van der Waals surface area contributed by atoms with E-state index in [0.717, 1.165) is 33.3 Å². The number of hydrogen-bond donors (Lipinski definition) is 0. The van der Waals surface area contributed by atoms with Crippen LogP contribution >= 0.6 is 23.2 Å². The molecule has 6 heteroatoms. The minimum Gasteiger partial charge on any atom is -0.256 e. The molecule has 154 valence electrons. The Morgan fingerprint density at radius 1 is 0.562 bits per heavy atom. The summed E-state index contributed by atoms with van der Waals surface area (Å²) < 4.78 is 0. The number of nitrogens with zero attached hydrogens (tertiary/aromatic N) is 4. The second kappa shape index (κ2) is 8.87. The molecule has 0 atom stereocenters. The van der Waals surface area contributed by atoms with Crippen molar-refractivity contribution in [3.63, 3.8) is 0 Å². The molecule has 0 aliphatic rings. The van der Waals surface area contributed by atoms with Crippen LogP contribution in [0.1, 0.15) is 11.1 Å². The maximum absolute atomic E-state index is 6.46. The highest BCUT2D eigenvalue weighted by Gasteiger charge is 2.12. The molecule has 5 rings (SSSR count). The molecule has 4 nitrogen and oxygen atoms in total. The Morgan fingerprint density at radius 3 is 1.38 bits per heavy atom. The molecule has 0 amide bonds. The fraction of sp³-hybridized carbons (Fsp3) is 0. The first kappa shape index (κ1) is 20.3. The Balaban J connectivity index is 1.66. The third-order valence-electron chi connectivity index (χ3n) is 4.97. The van der Waals surface area contributed by atoms with Gasteiger partial charge in [0, 0.05) is 44.4 Å². The van der Waals surface area contributed by atoms with E-state index in [9.17, 15) is 0 Å². The van der Waals surface area contributed by atoms with Gasteiger partial charge in [-0.3, -0.25) is 9.98 Å². The van der Waals surface area contributed by atoms with Crippen molar-refractivity contribution in [3.8, 4) is 0 Å². The van der Waals surface area contributed by atoms with E-state index >= 15 is 0 Å². The summed E-state index contributed by atoms with van der Waals surface area (Å²) in [5, 5.41) is 11.9. The van der Waals surface area contributed by atoms with E-state index in [0.29, 0.717) is 21.1 Å². The predicted molar refractivity (Wildman–Crippen MR) is 134 cm³/mol. The molecule has 0 spiro atoms. The summed E-state index contributed by atoms with van der Waals surface area (Å²) in [4.78, 5) is 9.09. The predicted octanol–water partition coefficient (Wildman–Crippen LogP) is 7.59. The molecule has 0 fully saturated rings. The van der Waals surface area contributed by atoms with Gasteiger partial charge in [-0.15, -0.1) is 10.2 Å². The van der Waals surface area contributed by atoms with Crippen LogP contribution in [0.2, 0.25) is 10.0 Å². The van der Waals surface area contributed by atoms with Crippen LogP contribution in [0.25, 0.3) is 21.8 Å². The van der Waals surface area contributed by atoms with Crippen molar-refractivity contribution in [2.45, 2.75) is 0 Å². The molecule has 0 saturated carbocycles. The highest BCUT2D eigenvalue weighted by molar-refractivity contribution is 6.34. The second-order valence-corrected chi connectivity index (χ2v) is 8.04. The van der Waals surface area contributed by atoms with Gasteiger partial charge in [0.15, 0.2) is 0 Å². The summed E-state index contributed by atoms with van der Waals surface area (Å²) in [6.45, 7) is 0. The standard InChI is InChI=1S/C26H16Cl2N4/c27-19-11-17(15-29-21-7-3-1-4-8-21)25-23(13-19)24-14-20(28)12-18(26(24)32-31-25)16-30-22-9-5-2-6-10-22/h1-16H. The number of benzene rings is 4. The second-order valence-electron chi connectivity index (χ2n) is 7.17. The van der Waals surface area contributed by atoms with E-state index in [1.807, 2.05) is 84.9 Å². The molecule has 32 heavy (non-hydrogen) atoms. The molecule has 1 aromatic heterocycles. The zero-order valence-corrected chi connectivity index (χ0v) is 18.3. The number of fused-ring (bicyclic) bond motifs is 3. The van der Waals surface area contributed by atoms with Crippen molar-refractivity contribution >= 4 is 68.8 Å². The summed E-state index contributed by atoms with van der Waals surface area (Å²) in [5.74, 6) is 0. The van der Waals surface area contributed by atoms with E-state index < -0.39 is 0 Å². The largest absolute Gasteiger partial charge is 0.256 e. The summed E-state index contributed by atoms with van der Waals surface area (Å²) in [7, 11) is 0. The van der Waals surface area contributed by atoms with E-state index in [2.05, 4.69) is 20.2 Å². The Hall–Kier alpha value is -3.60. The van der Waals surface area contributed by atoms with Crippen molar-refractivity contribution in [1.29, 1.82) is 0 Å². The number of hydrogen-bond acceptors (Lipinski definition) is 4. The van der Waals surface area contributed by atoms with Gasteiger partial charge >= 0.3 is 0 Å². The fourth-order valence-electron chi connectivity index (χ4n) is 3.49. The quantitative estimate of drug-likeness (QED) is 0.207. The van der Waals surface area contributed by atoms with E-state index in [4.69, 9.17) is 23.2 Å². The van der Waals surface area contributed by atoms with E-state index in [1.54, 1.807) is 12.4 Å². The van der Waals surface area contributed by atoms with Gasteiger partial charge in [-0.05, 0) is 48.5 Å². The number of aliphatic imine (C=N–C) groups is 2. The molecule has 1 heterocycles. The molecular formula is C26H16Cl2N4. The van der Waals surface area contributed by atoms with Crippen LogP contribution in [0.3, 0.4) is 0 Å². The summed E-state index contributed by atoms with van der Waals surface area (Å²) in [6, 6.07) is 26.8.